The quantitative estimate of drug-likeness (QED) is 0.873. The van der Waals surface area contributed by atoms with E-state index in [0.717, 1.165) is 10.9 Å². The molecule has 0 bridgehead atoms. The summed E-state index contributed by atoms with van der Waals surface area (Å²) in [5.74, 6) is 0.855. The molecule has 1 aliphatic carbocycles. The maximum Gasteiger partial charge on any atom is 0.0470 e. The molecular weight excluding hydrogens is 232 g/mol. The monoisotopic (exact) mass is 252 g/mol. The normalized spacial score (nSPS) is 19.4. The molecule has 0 aliphatic heterocycles. The van der Waals surface area contributed by atoms with Crippen LogP contribution in [-0.2, 0) is 0 Å². The Morgan fingerprint density at radius 2 is 2.18 bits per heavy atom. The highest BCUT2D eigenvalue weighted by Gasteiger charge is 2.33. The molecule has 2 nitrogen and oxygen atoms in total. The van der Waals surface area contributed by atoms with E-state index in [2.05, 4.69) is 24.9 Å². The first-order valence-electron chi connectivity index (χ1n) is 6.31. The van der Waals surface area contributed by atoms with Crippen LogP contribution in [0.1, 0.15) is 31.4 Å². The van der Waals surface area contributed by atoms with Crippen molar-refractivity contribution >= 4 is 11.6 Å². The Bertz CT molecular complexity index is 376. The Morgan fingerprint density at radius 1 is 1.47 bits per heavy atom. The molecule has 3 heteroatoms. The third-order valence-corrected chi connectivity index (χ3v) is 4.13. The predicted octanol–water partition coefficient (Wildman–Crippen LogP) is 3.07. The van der Waals surface area contributed by atoms with Gasteiger partial charge in [0.1, 0.15) is 0 Å². The third kappa shape index (κ3) is 3.01. The van der Waals surface area contributed by atoms with Crippen LogP contribution in [0.5, 0.6) is 0 Å². The molecule has 0 spiro atoms. The van der Waals surface area contributed by atoms with Gasteiger partial charge in [0.05, 0.1) is 0 Å². The number of likely N-dealkylation sites (N-methyl/N-ethyl adjacent to an activating group) is 1. The van der Waals surface area contributed by atoms with Gasteiger partial charge in [0.15, 0.2) is 0 Å². The minimum atomic E-state index is 0.268. The van der Waals surface area contributed by atoms with Gasteiger partial charge in [0.2, 0.25) is 0 Å². The van der Waals surface area contributed by atoms with Crippen LogP contribution in [0.25, 0.3) is 0 Å². The van der Waals surface area contributed by atoms with E-state index in [1.165, 1.54) is 18.4 Å². The van der Waals surface area contributed by atoms with E-state index in [1.54, 1.807) is 0 Å². The second-order valence-corrected chi connectivity index (χ2v) is 5.49. The average molecular weight is 253 g/mol. The molecule has 0 amide bonds. The maximum absolute atomic E-state index is 6.05. The summed E-state index contributed by atoms with van der Waals surface area (Å²) in [6.07, 6.45) is 2.72. The van der Waals surface area contributed by atoms with Crippen molar-refractivity contribution in [2.45, 2.75) is 31.8 Å². The molecule has 0 aromatic heterocycles. The first kappa shape index (κ1) is 12.9. The fraction of sp³-hybridized carbons (Fsp3) is 0.571. The van der Waals surface area contributed by atoms with Gasteiger partial charge in [-0.05, 0) is 50.4 Å². The summed E-state index contributed by atoms with van der Waals surface area (Å²) in [6.45, 7) is 2.93. The van der Waals surface area contributed by atoms with E-state index in [0.29, 0.717) is 12.6 Å². The highest BCUT2D eigenvalue weighted by Crippen LogP contribution is 2.37. The molecule has 1 aromatic rings. The Morgan fingerprint density at radius 3 is 2.71 bits per heavy atom. The molecule has 0 heterocycles. The molecule has 94 valence electrons. The van der Waals surface area contributed by atoms with E-state index in [1.807, 2.05) is 18.2 Å². The van der Waals surface area contributed by atoms with Crippen LogP contribution < -0.4 is 5.73 Å². The van der Waals surface area contributed by atoms with Gasteiger partial charge in [0.25, 0.3) is 0 Å². The summed E-state index contributed by atoms with van der Waals surface area (Å²) in [6, 6.07) is 8.90. The summed E-state index contributed by atoms with van der Waals surface area (Å²) >= 11 is 6.05. The van der Waals surface area contributed by atoms with Gasteiger partial charge in [-0.25, -0.2) is 0 Å². The van der Waals surface area contributed by atoms with Crippen LogP contribution in [-0.4, -0.2) is 24.5 Å². The first-order valence-corrected chi connectivity index (χ1v) is 6.68. The highest BCUT2D eigenvalue weighted by atomic mass is 35.5. The molecule has 0 saturated heterocycles. The third-order valence-electron chi connectivity index (χ3n) is 3.89. The number of benzene rings is 1. The highest BCUT2D eigenvalue weighted by molar-refractivity contribution is 6.30. The van der Waals surface area contributed by atoms with Crippen LogP contribution in [0.3, 0.4) is 0 Å². The summed E-state index contributed by atoms with van der Waals surface area (Å²) in [4.78, 5) is 2.39. The molecule has 1 aliphatic rings. The number of hydrogen-bond donors (Lipinski definition) is 1. The number of nitrogens with zero attached hydrogens (tertiary/aromatic N) is 1. The molecular formula is C14H21ClN2. The standard InChI is InChI=1S/C14H21ClN2/c1-10(11-6-7-11)17(2)14(9-16)12-4-3-5-13(15)8-12/h3-5,8,10-11,14H,6-7,9,16H2,1-2H3. The van der Waals surface area contributed by atoms with E-state index < -0.39 is 0 Å². The Kier molecular flexibility index (Phi) is 4.08. The van der Waals surface area contributed by atoms with Gasteiger partial charge in [-0.15, -0.1) is 0 Å². The van der Waals surface area contributed by atoms with Crippen molar-refractivity contribution in [1.29, 1.82) is 0 Å². The van der Waals surface area contributed by atoms with E-state index in [-0.39, 0.29) is 6.04 Å². The minimum Gasteiger partial charge on any atom is -0.329 e. The smallest absolute Gasteiger partial charge is 0.0470 e. The fourth-order valence-corrected chi connectivity index (χ4v) is 2.65. The van der Waals surface area contributed by atoms with Crippen molar-refractivity contribution < 1.29 is 0 Å². The molecule has 2 atom stereocenters. The van der Waals surface area contributed by atoms with Gasteiger partial charge >= 0.3 is 0 Å². The lowest BCUT2D eigenvalue weighted by Gasteiger charge is -2.33. The Balaban J connectivity index is 2.14. The second kappa shape index (κ2) is 5.38. The zero-order valence-corrected chi connectivity index (χ0v) is 11.3. The largest absolute Gasteiger partial charge is 0.329 e. The lowest BCUT2D eigenvalue weighted by atomic mass is 10.0. The molecule has 0 radical (unpaired) electrons. The van der Waals surface area contributed by atoms with Crippen LogP contribution in [0, 0.1) is 5.92 Å². The molecule has 2 N–H and O–H groups in total. The maximum atomic E-state index is 6.05. The van der Waals surface area contributed by atoms with Gasteiger partial charge in [-0.1, -0.05) is 23.7 Å². The number of nitrogens with two attached hydrogens (primary N) is 1. The van der Waals surface area contributed by atoms with Crippen molar-refractivity contribution in [2.75, 3.05) is 13.6 Å². The van der Waals surface area contributed by atoms with E-state index in [4.69, 9.17) is 17.3 Å². The molecule has 17 heavy (non-hydrogen) atoms. The first-order chi connectivity index (χ1) is 8.13. The van der Waals surface area contributed by atoms with Gasteiger partial charge in [-0.2, -0.15) is 0 Å². The second-order valence-electron chi connectivity index (χ2n) is 5.05. The summed E-state index contributed by atoms with van der Waals surface area (Å²) in [5.41, 5.74) is 7.15. The summed E-state index contributed by atoms with van der Waals surface area (Å²) in [5, 5.41) is 0.786. The lowest BCUT2D eigenvalue weighted by molar-refractivity contribution is 0.171. The Labute approximate surface area is 109 Å². The van der Waals surface area contributed by atoms with Gasteiger partial charge in [0, 0.05) is 23.7 Å². The molecule has 1 aromatic carbocycles. The molecule has 2 rings (SSSR count). The van der Waals surface area contributed by atoms with Crippen LogP contribution in [0.2, 0.25) is 5.02 Å². The van der Waals surface area contributed by atoms with Crippen molar-refractivity contribution in [3.63, 3.8) is 0 Å². The SMILES string of the molecule is CC(C1CC1)N(C)C(CN)c1cccc(Cl)c1. The fourth-order valence-electron chi connectivity index (χ4n) is 2.45. The average Bonchev–Trinajstić information content (AvgIpc) is 3.13. The lowest BCUT2D eigenvalue weighted by Crippen LogP contribution is -2.38. The van der Waals surface area contributed by atoms with Crippen LogP contribution in [0.4, 0.5) is 0 Å². The van der Waals surface area contributed by atoms with Crippen molar-refractivity contribution in [3.05, 3.63) is 34.9 Å². The van der Waals surface area contributed by atoms with E-state index in [9.17, 15) is 0 Å². The molecule has 2 unspecified atom stereocenters. The van der Waals surface area contributed by atoms with Crippen LogP contribution in [0.15, 0.2) is 24.3 Å². The molecule has 1 saturated carbocycles. The van der Waals surface area contributed by atoms with Crippen molar-refractivity contribution in [1.82, 2.24) is 4.90 Å². The number of rotatable bonds is 5. The van der Waals surface area contributed by atoms with Gasteiger partial charge in [-0.3, -0.25) is 4.90 Å². The van der Waals surface area contributed by atoms with E-state index >= 15 is 0 Å². The Hall–Kier alpha value is -0.570. The zero-order valence-electron chi connectivity index (χ0n) is 10.6. The number of halogens is 1. The van der Waals surface area contributed by atoms with Crippen LogP contribution >= 0.6 is 11.6 Å². The minimum absolute atomic E-state index is 0.268. The topological polar surface area (TPSA) is 29.3 Å². The van der Waals surface area contributed by atoms with Crippen molar-refractivity contribution in [3.8, 4) is 0 Å². The zero-order chi connectivity index (χ0) is 12.4. The number of hydrogen-bond acceptors (Lipinski definition) is 2. The summed E-state index contributed by atoms with van der Waals surface area (Å²) in [7, 11) is 2.17. The van der Waals surface area contributed by atoms with Crippen molar-refractivity contribution in [2.24, 2.45) is 11.7 Å². The predicted molar refractivity (Wildman–Crippen MR) is 73.2 cm³/mol. The van der Waals surface area contributed by atoms with Gasteiger partial charge < -0.3 is 5.73 Å². The summed E-state index contributed by atoms with van der Waals surface area (Å²) < 4.78 is 0. The molecule has 1 fully saturated rings.